The fourth-order valence-corrected chi connectivity index (χ4v) is 2.34. The molecule has 6 heteroatoms. The van der Waals surface area contributed by atoms with E-state index in [4.69, 9.17) is 0 Å². The Balaban J connectivity index is 1.97. The fraction of sp³-hybridized carbons (Fsp3) is 0.375. The zero-order chi connectivity index (χ0) is 15.9. The zero-order valence-electron chi connectivity index (χ0n) is 12.4. The summed E-state index contributed by atoms with van der Waals surface area (Å²) in [6.45, 7) is 1.76. The molecule has 1 atom stereocenters. The molecule has 1 unspecified atom stereocenters. The Morgan fingerprint density at radius 1 is 1.45 bits per heavy atom. The minimum Gasteiger partial charge on any atom is -0.469 e. The van der Waals surface area contributed by atoms with Crippen molar-refractivity contribution in [3.8, 4) is 0 Å². The van der Waals surface area contributed by atoms with Crippen molar-refractivity contribution >= 4 is 18.0 Å². The van der Waals surface area contributed by atoms with Crippen LogP contribution in [-0.4, -0.2) is 49.6 Å². The van der Waals surface area contributed by atoms with Gasteiger partial charge in [-0.25, -0.2) is 4.39 Å². The summed E-state index contributed by atoms with van der Waals surface area (Å²) >= 11 is 0. The number of carbonyl (C=O) groups excluding carboxylic acids is 2. The van der Waals surface area contributed by atoms with Crippen molar-refractivity contribution in [1.29, 1.82) is 0 Å². The smallest absolute Gasteiger partial charge is 0.307 e. The lowest BCUT2D eigenvalue weighted by molar-refractivity contribution is -0.145. The maximum Gasteiger partial charge on any atom is 0.307 e. The molecule has 0 aliphatic carbocycles. The largest absolute Gasteiger partial charge is 0.469 e. The third-order valence-corrected chi connectivity index (χ3v) is 3.55. The molecule has 22 heavy (non-hydrogen) atoms. The zero-order valence-corrected chi connectivity index (χ0v) is 12.4. The van der Waals surface area contributed by atoms with Gasteiger partial charge in [0.15, 0.2) is 0 Å². The van der Waals surface area contributed by atoms with Gasteiger partial charge in [0.1, 0.15) is 5.82 Å². The number of nitrogens with one attached hydrogen (secondary N) is 1. The Labute approximate surface area is 128 Å². The molecule has 1 aliphatic heterocycles. The Bertz CT molecular complexity index is 557. The number of rotatable bonds is 5. The molecule has 1 aliphatic rings. The van der Waals surface area contributed by atoms with Crippen molar-refractivity contribution in [3.63, 3.8) is 0 Å². The molecule has 1 aromatic rings. The van der Waals surface area contributed by atoms with E-state index in [1.54, 1.807) is 12.1 Å². The van der Waals surface area contributed by atoms with Crippen LogP contribution in [0.2, 0.25) is 0 Å². The molecule has 2 rings (SSSR count). The van der Waals surface area contributed by atoms with Crippen molar-refractivity contribution in [2.45, 2.75) is 12.5 Å². The Morgan fingerprint density at radius 2 is 2.18 bits per heavy atom. The lowest BCUT2D eigenvalue weighted by Crippen LogP contribution is -2.55. The number of carbonyl (C=O) groups is 2. The van der Waals surface area contributed by atoms with E-state index in [2.05, 4.69) is 10.1 Å². The second kappa shape index (κ2) is 7.70. The van der Waals surface area contributed by atoms with Gasteiger partial charge in [0.05, 0.1) is 19.6 Å². The van der Waals surface area contributed by atoms with Crippen LogP contribution >= 0.6 is 0 Å². The molecule has 0 saturated carbocycles. The van der Waals surface area contributed by atoms with Crippen LogP contribution in [-0.2, 0) is 14.3 Å². The van der Waals surface area contributed by atoms with Gasteiger partial charge in [-0.2, -0.15) is 0 Å². The molecule has 1 heterocycles. The van der Waals surface area contributed by atoms with E-state index in [1.807, 2.05) is 17.1 Å². The highest BCUT2D eigenvalue weighted by molar-refractivity contribution is 5.87. The lowest BCUT2D eigenvalue weighted by Gasteiger charge is -2.33. The molecule has 0 aromatic heterocycles. The number of amides is 1. The average molecular weight is 306 g/mol. The van der Waals surface area contributed by atoms with Gasteiger partial charge in [0.2, 0.25) is 5.91 Å². The molecule has 5 nitrogen and oxygen atoms in total. The third-order valence-electron chi connectivity index (χ3n) is 3.55. The summed E-state index contributed by atoms with van der Waals surface area (Å²) in [6, 6.07) is 5.64. The van der Waals surface area contributed by atoms with Gasteiger partial charge in [0, 0.05) is 19.6 Å². The second-order valence-electron chi connectivity index (χ2n) is 5.04. The lowest BCUT2D eigenvalue weighted by atomic mass is 10.1. The van der Waals surface area contributed by atoms with Crippen LogP contribution in [0.25, 0.3) is 6.08 Å². The number of hydrogen-bond donors (Lipinski definition) is 1. The van der Waals surface area contributed by atoms with E-state index >= 15 is 0 Å². The summed E-state index contributed by atoms with van der Waals surface area (Å²) in [5.74, 6) is -0.843. The van der Waals surface area contributed by atoms with E-state index in [0.29, 0.717) is 19.6 Å². The summed E-state index contributed by atoms with van der Waals surface area (Å²) in [4.78, 5) is 25.2. The van der Waals surface area contributed by atoms with E-state index in [0.717, 1.165) is 5.56 Å². The Hall–Kier alpha value is -2.21. The predicted octanol–water partition coefficient (Wildman–Crippen LogP) is 1.20. The number of esters is 1. The van der Waals surface area contributed by atoms with E-state index in [-0.39, 0.29) is 18.1 Å². The fourth-order valence-electron chi connectivity index (χ4n) is 2.34. The van der Waals surface area contributed by atoms with E-state index in [9.17, 15) is 14.0 Å². The number of benzene rings is 1. The molecular weight excluding hydrogens is 287 g/mol. The summed E-state index contributed by atoms with van der Waals surface area (Å²) in [6.07, 6.45) is 3.80. The minimum atomic E-state index is -0.515. The number of methoxy groups -OCH3 is 1. The maximum absolute atomic E-state index is 12.8. The molecular formula is C16H19FN2O3. The Morgan fingerprint density at radius 3 is 2.86 bits per heavy atom. The summed E-state index contributed by atoms with van der Waals surface area (Å²) in [7, 11) is 1.31. The van der Waals surface area contributed by atoms with Crippen LogP contribution in [0.4, 0.5) is 4.39 Å². The molecule has 0 radical (unpaired) electrons. The number of ether oxygens (including phenoxy) is 1. The molecule has 0 spiro atoms. The van der Waals surface area contributed by atoms with Crippen molar-refractivity contribution in [1.82, 2.24) is 10.2 Å². The van der Waals surface area contributed by atoms with E-state index < -0.39 is 12.0 Å². The standard InChI is InChI=1S/C16H19FN2O3/c1-22-15(20)11-14-16(21)18-8-10-19(14)9-2-3-12-4-6-13(17)7-5-12/h2-7,14H,8-11H2,1H3,(H,18,21). The minimum absolute atomic E-state index is 0.0344. The molecule has 1 fully saturated rings. The van der Waals surface area contributed by atoms with Crippen LogP contribution in [0, 0.1) is 5.82 Å². The van der Waals surface area contributed by atoms with Crippen molar-refractivity contribution < 1.29 is 18.7 Å². The highest BCUT2D eigenvalue weighted by atomic mass is 19.1. The summed E-state index contributed by atoms with van der Waals surface area (Å²) in [5.41, 5.74) is 0.882. The number of hydrogen-bond acceptors (Lipinski definition) is 4. The Kier molecular flexibility index (Phi) is 5.66. The van der Waals surface area contributed by atoms with Gasteiger partial charge in [-0.15, -0.1) is 0 Å². The van der Waals surface area contributed by atoms with Crippen molar-refractivity contribution in [2.24, 2.45) is 0 Å². The van der Waals surface area contributed by atoms with Crippen LogP contribution in [0.15, 0.2) is 30.3 Å². The number of halogens is 1. The molecule has 1 saturated heterocycles. The first-order valence-electron chi connectivity index (χ1n) is 7.11. The molecule has 0 bridgehead atoms. The van der Waals surface area contributed by atoms with Gasteiger partial charge in [-0.3, -0.25) is 14.5 Å². The molecule has 1 N–H and O–H groups in total. The van der Waals surface area contributed by atoms with Crippen molar-refractivity contribution in [3.05, 3.63) is 41.7 Å². The molecule has 1 aromatic carbocycles. The van der Waals surface area contributed by atoms with Crippen LogP contribution in [0.5, 0.6) is 0 Å². The third kappa shape index (κ3) is 4.39. The summed E-state index contributed by atoms with van der Waals surface area (Å²) < 4.78 is 17.5. The van der Waals surface area contributed by atoms with Gasteiger partial charge < -0.3 is 10.1 Å². The highest BCUT2D eigenvalue weighted by Crippen LogP contribution is 2.11. The van der Waals surface area contributed by atoms with Crippen LogP contribution in [0.1, 0.15) is 12.0 Å². The van der Waals surface area contributed by atoms with E-state index in [1.165, 1.54) is 19.2 Å². The van der Waals surface area contributed by atoms with Crippen LogP contribution < -0.4 is 5.32 Å². The first kappa shape index (κ1) is 16.2. The van der Waals surface area contributed by atoms with Gasteiger partial charge in [-0.1, -0.05) is 24.3 Å². The maximum atomic E-state index is 12.8. The number of nitrogens with zero attached hydrogens (tertiary/aromatic N) is 1. The average Bonchev–Trinajstić information content (AvgIpc) is 2.52. The molecule has 118 valence electrons. The number of piperazine rings is 1. The normalized spacial score (nSPS) is 19.2. The van der Waals surface area contributed by atoms with Gasteiger partial charge in [0.25, 0.3) is 0 Å². The van der Waals surface area contributed by atoms with Gasteiger partial charge >= 0.3 is 5.97 Å². The summed E-state index contributed by atoms with van der Waals surface area (Å²) in [5, 5.41) is 2.75. The van der Waals surface area contributed by atoms with Crippen LogP contribution in [0.3, 0.4) is 0 Å². The SMILES string of the molecule is COC(=O)CC1C(=O)NCCN1CC=Cc1ccc(F)cc1. The monoisotopic (exact) mass is 306 g/mol. The first-order valence-corrected chi connectivity index (χ1v) is 7.11. The second-order valence-corrected chi connectivity index (χ2v) is 5.04. The first-order chi connectivity index (χ1) is 10.6. The topological polar surface area (TPSA) is 58.6 Å². The molecule has 1 amide bonds. The highest BCUT2D eigenvalue weighted by Gasteiger charge is 2.31. The predicted molar refractivity (Wildman–Crippen MR) is 80.4 cm³/mol. The van der Waals surface area contributed by atoms with Crippen molar-refractivity contribution in [2.75, 3.05) is 26.7 Å². The van der Waals surface area contributed by atoms with Gasteiger partial charge in [-0.05, 0) is 17.7 Å². The quantitative estimate of drug-likeness (QED) is 0.831.